The molecule has 3 aromatic carbocycles. The number of carbonyl (C=O) groups is 2. The molecule has 0 aliphatic carbocycles. The Balaban J connectivity index is 1.81. The number of hydrogen-bond acceptors (Lipinski definition) is 4. The van der Waals surface area contributed by atoms with Crippen LogP contribution >= 0.6 is 0 Å². The van der Waals surface area contributed by atoms with Gasteiger partial charge >= 0.3 is 0 Å². The number of hydrogen-bond donors (Lipinski definition) is 1. The lowest BCUT2D eigenvalue weighted by molar-refractivity contribution is -0.120. The molecule has 2 amide bonds. The van der Waals surface area contributed by atoms with Gasteiger partial charge in [0.2, 0.25) is 0 Å². The number of rotatable bonds is 6. The van der Waals surface area contributed by atoms with Crippen LogP contribution in [0.5, 0.6) is 5.75 Å². The van der Waals surface area contributed by atoms with Gasteiger partial charge < -0.3 is 10.1 Å². The van der Waals surface area contributed by atoms with Crippen LogP contribution in [0.3, 0.4) is 0 Å². The van der Waals surface area contributed by atoms with E-state index in [0.29, 0.717) is 23.6 Å². The van der Waals surface area contributed by atoms with Crippen molar-refractivity contribution in [1.29, 1.82) is 0 Å². The van der Waals surface area contributed by atoms with Gasteiger partial charge in [0.1, 0.15) is 11.4 Å². The number of anilines is 2. The monoisotopic (exact) mass is 448 g/mol. The largest absolute Gasteiger partial charge is 0.494 e. The maximum atomic E-state index is 13.8. The second kappa shape index (κ2) is 8.86. The molecule has 3 aromatic rings. The fourth-order valence-corrected chi connectivity index (χ4v) is 3.80. The van der Waals surface area contributed by atoms with Gasteiger partial charge in [-0.3, -0.25) is 9.59 Å². The van der Waals surface area contributed by atoms with Gasteiger partial charge in [-0.1, -0.05) is 23.8 Å². The molecule has 0 atom stereocenters. The first kappa shape index (κ1) is 22.2. The molecule has 0 saturated heterocycles. The summed E-state index contributed by atoms with van der Waals surface area (Å²) in [6, 6.07) is 15.4. The normalized spacial score (nSPS) is 13.7. The Hall–Kier alpha value is -4.00. The molecule has 0 saturated carbocycles. The van der Waals surface area contributed by atoms with Crippen LogP contribution in [0, 0.1) is 25.5 Å². The van der Waals surface area contributed by atoms with Crippen molar-refractivity contribution in [3.63, 3.8) is 0 Å². The fourth-order valence-electron chi connectivity index (χ4n) is 3.80. The zero-order valence-corrected chi connectivity index (χ0v) is 18.4. The SMILES string of the molecule is CCOc1ccc(N2C(=O)C(Nc3ccc(F)c(F)c3)=C(c3ccc(C)cc3C)C2=O)cc1. The van der Waals surface area contributed by atoms with E-state index in [1.54, 1.807) is 30.3 Å². The van der Waals surface area contributed by atoms with Gasteiger partial charge in [-0.2, -0.15) is 0 Å². The number of nitrogens with one attached hydrogen (secondary N) is 1. The highest BCUT2D eigenvalue weighted by Gasteiger charge is 2.40. The van der Waals surface area contributed by atoms with Crippen LogP contribution in [0.4, 0.5) is 20.2 Å². The number of amides is 2. The van der Waals surface area contributed by atoms with E-state index in [1.807, 2.05) is 32.9 Å². The number of carbonyl (C=O) groups excluding carboxylic acids is 2. The lowest BCUT2D eigenvalue weighted by Gasteiger charge is -2.16. The summed E-state index contributed by atoms with van der Waals surface area (Å²) in [6.45, 7) is 6.13. The van der Waals surface area contributed by atoms with Gasteiger partial charge in [-0.25, -0.2) is 13.7 Å². The minimum Gasteiger partial charge on any atom is -0.494 e. The second-order valence-corrected chi connectivity index (χ2v) is 7.69. The first-order valence-electron chi connectivity index (χ1n) is 10.5. The van der Waals surface area contributed by atoms with Crippen molar-refractivity contribution in [2.24, 2.45) is 0 Å². The molecule has 1 aliphatic rings. The highest BCUT2D eigenvalue weighted by atomic mass is 19.2. The standard InChI is InChI=1S/C26H22F2N2O3/c1-4-33-19-9-7-18(8-10-19)30-25(31)23(20-11-5-15(2)13-16(20)3)24(26(30)32)29-17-6-12-21(27)22(28)14-17/h5-14,29H,4H2,1-3H3. The summed E-state index contributed by atoms with van der Waals surface area (Å²) in [5, 5.41) is 2.85. The third-order valence-electron chi connectivity index (χ3n) is 5.33. The first-order chi connectivity index (χ1) is 15.8. The third-order valence-corrected chi connectivity index (χ3v) is 5.33. The molecule has 7 heteroatoms. The molecule has 0 bridgehead atoms. The summed E-state index contributed by atoms with van der Waals surface area (Å²) in [7, 11) is 0. The summed E-state index contributed by atoms with van der Waals surface area (Å²) in [5.74, 6) is -2.56. The van der Waals surface area contributed by atoms with Crippen molar-refractivity contribution in [1.82, 2.24) is 0 Å². The summed E-state index contributed by atoms with van der Waals surface area (Å²) >= 11 is 0. The molecule has 0 radical (unpaired) electrons. The van der Waals surface area contributed by atoms with Crippen LogP contribution in [0.1, 0.15) is 23.6 Å². The van der Waals surface area contributed by atoms with E-state index in [9.17, 15) is 18.4 Å². The topological polar surface area (TPSA) is 58.6 Å². The van der Waals surface area contributed by atoms with Gasteiger partial charge in [-0.15, -0.1) is 0 Å². The molecule has 4 rings (SSSR count). The van der Waals surface area contributed by atoms with Crippen molar-refractivity contribution in [3.8, 4) is 5.75 Å². The quantitative estimate of drug-likeness (QED) is 0.515. The molecule has 0 fully saturated rings. The van der Waals surface area contributed by atoms with E-state index in [2.05, 4.69) is 5.32 Å². The third kappa shape index (κ3) is 4.22. The summed E-state index contributed by atoms with van der Waals surface area (Å²) < 4.78 is 32.6. The Morgan fingerprint density at radius 2 is 1.61 bits per heavy atom. The Morgan fingerprint density at radius 3 is 2.24 bits per heavy atom. The lowest BCUT2D eigenvalue weighted by atomic mass is 9.97. The van der Waals surface area contributed by atoms with Gasteiger partial charge in [0, 0.05) is 11.8 Å². The molecular weight excluding hydrogens is 426 g/mol. The molecular formula is C26H22F2N2O3. The van der Waals surface area contributed by atoms with Crippen LogP contribution < -0.4 is 15.0 Å². The Labute approximate surface area is 190 Å². The maximum absolute atomic E-state index is 13.8. The zero-order chi connectivity index (χ0) is 23.7. The Bertz CT molecular complexity index is 1280. The van der Waals surface area contributed by atoms with Gasteiger partial charge in [0.15, 0.2) is 11.6 Å². The lowest BCUT2D eigenvalue weighted by Crippen LogP contribution is -2.32. The van der Waals surface area contributed by atoms with Gasteiger partial charge in [-0.05, 0) is 68.3 Å². The number of ether oxygens (including phenoxy) is 1. The van der Waals surface area contributed by atoms with Crippen molar-refractivity contribution >= 4 is 28.8 Å². The van der Waals surface area contributed by atoms with E-state index in [4.69, 9.17) is 4.74 Å². The van der Waals surface area contributed by atoms with Crippen LogP contribution in [0.2, 0.25) is 0 Å². The van der Waals surface area contributed by atoms with Crippen LogP contribution in [-0.2, 0) is 9.59 Å². The molecule has 168 valence electrons. The number of nitrogens with zero attached hydrogens (tertiary/aromatic N) is 1. The van der Waals surface area contributed by atoms with Crippen molar-refractivity contribution < 1.29 is 23.1 Å². The fraction of sp³-hybridized carbons (Fsp3) is 0.154. The molecule has 0 unspecified atom stereocenters. The van der Waals surface area contributed by atoms with E-state index in [-0.39, 0.29) is 17.0 Å². The minimum absolute atomic E-state index is 0.00755. The maximum Gasteiger partial charge on any atom is 0.282 e. The molecule has 0 aromatic heterocycles. The predicted molar refractivity (Wildman–Crippen MR) is 123 cm³/mol. The summed E-state index contributed by atoms with van der Waals surface area (Å²) in [6.07, 6.45) is 0. The first-order valence-corrected chi connectivity index (χ1v) is 10.5. The van der Waals surface area contributed by atoms with Gasteiger partial charge in [0.05, 0.1) is 17.9 Å². The average molecular weight is 448 g/mol. The molecule has 5 nitrogen and oxygen atoms in total. The molecule has 33 heavy (non-hydrogen) atoms. The number of aryl methyl sites for hydroxylation is 2. The van der Waals surface area contributed by atoms with Crippen molar-refractivity contribution in [2.45, 2.75) is 20.8 Å². The van der Waals surface area contributed by atoms with Crippen LogP contribution in [0.15, 0.2) is 66.4 Å². The van der Waals surface area contributed by atoms with Gasteiger partial charge in [0.25, 0.3) is 11.8 Å². The van der Waals surface area contributed by atoms with E-state index in [1.165, 1.54) is 6.07 Å². The molecule has 0 spiro atoms. The Kier molecular flexibility index (Phi) is 5.96. The zero-order valence-electron chi connectivity index (χ0n) is 18.4. The van der Waals surface area contributed by atoms with E-state index < -0.39 is 23.4 Å². The highest BCUT2D eigenvalue weighted by molar-refractivity contribution is 6.46. The minimum atomic E-state index is -1.06. The average Bonchev–Trinajstić information content (AvgIpc) is 3.01. The summed E-state index contributed by atoms with van der Waals surface area (Å²) in [5.41, 5.74) is 3.08. The van der Waals surface area contributed by atoms with Crippen LogP contribution in [-0.4, -0.2) is 18.4 Å². The second-order valence-electron chi connectivity index (χ2n) is 7.69. The van der Waals surface area contributed by atoms with Crippen molar-refractivity contribution in [3.05, 3.63) is 94.7 Å². The predicted octanol–water partition coefficient (Wildman–Crippen LogP) is 5.38. The summed E-state index contributed by atoms with van der Waals surface area (Å²) in [4.78, 5) is 28.0. The molecule has 1 heterocycles. The van der Waals surface area contributed by atoms with Crippen molar-refractivity contribution in [2.75, 3.05) is 16.8 Å². The number of imide groups is 1. The number of benzene rings is 3. The van der Waals surface area contributed by atoms with Crippen LogP contribution in [0.25, 0.3) is 5.57 Å². The smallest absolute Gasteiger partial charge is 0.282 e. The number of halogens is 2. The molecule has 1 aliphatic heterocycles. The van der Waals surface area contributed by atoms with E-state index >= 15 is 0 Å². The molecule has 1 N–H and O–H groups in total. The highest BCUT2D eigenvalue weighted by Crippen LogP contribution is 2.36. The Morgan fingerprint density at radius 1 is 0.879 bits per heavy atom. The van der Waals surface area contributed by atoms with E-state index in [0.717, 1.165) is 28.2 Å².